The molecule has 0 radical (unpaired) electrons. The van der Waals surface area contributed by atoms with E-state index in [-0.39, 0.29) is 0 Å². The van der Waals surface area contributed by atoms with Crippen molar-refractivity contribution in [2.45, 2.75) is 56.7 Å². The summed E-state index contributed by atoms with van der Waals surface area (Å²) >= 11 is 2.12. The van der Waals surface area contributed by atoms with Crippen molar-refractivity contribution >= 4 is 11.8 Å². The van der Waals surface area contributed by atoms with Gasteiger partial charge in [0.05, 0.1) is 0 Å². The minimum atomic E-state index is 0.333. The van der Waals surface area contributed by atoms with Crippen molar-refractivity contribution in [3.05, 3.63) is 0 Å². The summed E-state index contributed by atoms with van der Waals surface area (Å²) in [7, 11) is 0. The van der Waals surface area contributed by atoms with Crippen LogP contribution in [-0.2, 0) is 0 Å². The zero-order valence-electron chi connectivity index (χ0n) is 11.5. The van der Waals surface area contributed by atoms with Crippen molar-refractivity contribution in [2.75, 3.05) is 25.4 Å². The topological polar surface area (TPSA) is 29.3 Å². The summed E-state index contributed by atoms with van der Waals surface area (Å²) in [5.41, 5.74) is 6.51. The molecule has 3 heteroatoms. The maximum atomic E-state index is 6.18. The van der Waals surface area contributed by atoms with Crippen molar-refractivity contribution < 1.29 is 0 Å². The number of nitrogens with zero attached hydrogens (tertiary/aromatic N) is 1. The molecular weight excluding hydrogens is 228 g/mol. The van der Waals surface area contributed by atoms with Gasteiger partial charge in [-0.1, -0.05) is 26.7 Å². The maximum Gasteiger partial charge on any atom is 0.0332 e. The Morgan fingerprint density at radius 1 is 1.29 bits per heavy atom. The third-order valence-electron chi connectivity index (χ3n) is 4.73. The summed E-state index contributed by atoms with van der Waals surface area (Å²) in [5.74, 6) is 2.19. The molecule has 2 N–H and O–H groups in total. The molecule has 100 valence electrons. The lowest BCUT2D eigenvalue weighted by Crippen LogP contribution is -2.57. The fourth-order valence-electron chi connectivity index (χ4n) is 3.46. The molecule has 0 amide bonds. The molecule has 17 heavy (non-hydrogen) atoms. The van der Waals surface area contributed by atoms with Gasteiger partial charge in [0.25, 0.3) is 0 Å². The van der Waals surface area contributed by atoms with Gasteiger partial charge in [0.15, 0.2) is 0 Å². The van der Waals surface area contributed by atoms with Gasteiger partial charge in [-0.25, -0.2) is 0 Å². The summed E-state index contributed by atoms with van der Waals surface area (Å²) in [6.07, 6.45) is 6.79. The van der Waals surface area contributed by atoms with Crippen LogP contribution in [0.4, 0.5) is 0 Å². The Hall–Kier alpha value is 0.270. The lowest BCUT2D eigenvalue weighted by Gasteiger charge is -2.46. The molecule has 0 spiro atoms. The largest absolute Gasteiger partial charge is 0.329 e. The van der Waals surface area contributed by atoms with Crippen molar-refractivity contribution in [2.24, 2.45) is 11.7 Å². The molecule has 2 aliphatic rings. The first-order chi connectivity index (χ1) is 8.16. The molecule has 0 bridgehead atoms. The Bertz CT molecular complexity index is 246. The average molecular weight is 256 g/mol. The van der Waals surface area contributed by atoms with Crippen LogP contribution in [0.25, 0.3) is 0 Å². The molecule has 3 atom stereocenters. The Morgan fingerprint density at radius 3 is 2.82 bits per heavy atom. The lowest BCUT2D eigenvalue weighted by molar-refractivity contribution is 0.0818. The van der Waals surface area contributed by atoms with Crippen LogP contribution < -0.4 is 5.73 Å². The maximum absolute atomic E-state index is 6.18. The van der Waals surface area contributed by atoms with E-state index in [1.807, 2.05) is 0 Å². The van der Waals surface area contributed by atoms with E-state index in [9.17, 15) is 0 Å². The quantitative estimate of drug-likeness (QED) is 0.770. The van der Waals surface area contributed by atoms with Crippen LogP contribution in [0.5, 0.6) is 0 Å². The zero-order chi connectivity index (χ0) is 12.3. The molecule has 2 fully saturated rings. The monoisotopic (exact) mass is 256 g/mol. The molecule has 1 aliphatic heterocycles. The molecule has 2 nitrogen and oxygen atoms in total. The molecule has 0 aromatic heterocycles. The minimum absolute atomic E-state index is 0.333. The van der Waals surface area contributed by atoms with Gasteiger partial charge >= 0.3 is 0 Å². The first-order valence-electron chi connectivity index (χ1n) is 7.23. The molecule has 0 aromatic carbocycles. The highest BCUT2D eigenvalue weighted by Crippen LogP contribution is 2.36. The Balaban J connectivity index is 2.06. The van der Waals surface area contributed by atoms with E-state index in [0.717, 1.165) is 17.7 Å². The third kappa shape index (κ3) is 3.18. The molecular formula is C14H28N2S. The summed E-state index contributed by atoms with van der Waals surface area (Å²) in [6.45, 7) is 8.12. The molecule has 0 aromatic rings. The lowest BCUT2D eigenvalue weighted by atomic mass is 9.87. The van der Waals surface area contributed by atoms with Crippen LogP contribution in [0, 0.1) is 5.92 Å². The van der Waals surface area contributed by atoms with Crippen LogP contribution in [-0.4, -0.2) is 41.1 Å². The number of nitrogens with two attached hydrogens (primary N) is 1. The first-order valence-corrected chi connectivity index (χ1v) is 8.28. The van der Waals surface area contributed by atoms with Crippen molar-refractivity contribution in [3.8, 4) is 0 Å². The molecule has 1 saturated heterocycles. The number of thioether (sulfide) groups is 1. The standard InChI is InChI=1S/C14H28N2S/c1-12-4-3-6-14(11-15,7-5-12)16-8-9-17-13(2)10-16/h12-13H,3-11,15H2,1-2H3. The summed E-state index contributed by atoms with van der Waals surface area (Å²) < 4.78 is 0. The Kier molecular flexibility index (Phi) is 4.79. The highest BCUT2D eigenvalue weighted by molar-refractivity contribution is 7.99. The van der Waals surface area contributed by atoms with Gasteiger partial charge in [-0.15, -0.1) is 0 Å². The first kappa shape index (κ1) is 13.7. The summed E-state index contributed by atoms with van der Waals surface area (Å²) in [6, 6.07) is 0. The van der Waals surface area contributed by atoms with Crippen LogP contribution in [0.2, 0.25) is 0 Å². The highest BCUT2D eigenvalue weighted by Gasteiger charge is 2.38. The average Bonchev–Trinajstić information content (AvgIpc) is 2.52. The van der Waals surface area contributed by atoms with Gasteiger partial charge in [-0.3, -0.25) is 4.90 Å². The van der Waals surface area contributed by atoms with E-state index in [1.54, 1.807) is 0 Å². The van der Waals surface area contributed by atoms with Crippen LogP contribution >= 0.6 is 11.8 Å². The zero-order valence-corrected chi connectivity index (χ0v) is 12.3. The second-order valence-electron chi connectivity index (χ2n) is 6.09. The van der Waals surface area contributed by atoms with Crippen LogP contribution in [0.1, 0.15) is 46.0 Å². The minimum Gasteiger partial charge on any atom is -0.329 e. The van der Waals surface area contributed by atoms with E-state index >= 15 is 0 Å². The second-order valence-corrected chi connectivity index (χ2v) is 7.64. The predicted molar refractivity (Wildman–Crippen MR) is 77.5 cm³/mol. The Morgan fingerprint density at radius 2 is 2.12 bits per heavy atom. The second kappa shape index (κ2) is 5.94. The van der Waals surface area contributed by atoms with Gasteiger partial charge in [-0.05, 0) is 25.2 Å². The molecule has 1 aliphatic carbocycles. The van der Waals surface area contributed by atoms with Gasteiger partial charge in [0, 0.05) is 36.2 Å². The molecule has 1 saturated carbocycles. The predicted octanol–water partition coefficient (Wildman–Crippen LogP) is 2.72. The van der Waals surface area contributed by atoms with Gasteiger partial charge < -0.3 is 5.73 Å². The smallest absolute Gasteiger partial charge is 0.0332 e. The highest BCUT2D eigenvalue weighted by atomic mass is 32.2. The SMILES string of the molecule is CC1CCCC(CN)(N2CCSC(C)C2)CC1. The van der Waals surface area contributed by atoms with Crippen molar-refractivity contribution in [1.82, 2.24) is 4.90 Å². The summed E-state index contributed by atoms with van der Waals surface area (Å²) in [5, 5.41) is 0.785. The van der Waals surface area contributed by atoms with Crippen molar-refractivity contribution in [3.63, 3.8) is 0 Å². The molecule has 3 unspecified atom stereocenters. The van der Waals surface area contributed by atoms with Crippen LogP contribution in [0.3, 0.4) is 0 Å². The van der Waals surface area contributed by atoms with Gasteiger partial charge in [0.2, 0.25) is 0 Å². The van der Waals surface area contributed by atoms with E-state index in [0.29, 0.717) is 5.54 Å². The van der Waals surface area contributed by atoms with E-state index in [1.165, 1.54) is 50.9 Å². The number of hydrogen-bond acceptors (Lipinski definition) is 3. The Labute approximate surface area is 111 Å². The number of hydrogen-bond donors (Lipinski definition) is 1. The van der Waals surface area contributed by atoms with Gasteiger partial charge in [-0.2, -0.15) is 11.8 Å². The summed E-state index contributed by atoms with van der Waals surface area (Å²) in [4.78, 5) is 2.73. The number of rotatable bonds is 2. The van der Waals surface area contributed by atoms with Crippen LogP contribution in [0.15, 0.2) is 0 Å². The van der Waals surface area contributed by atoms with Crippen molar-refractivity contribution in [1.29, 1.82) is 0 Å². The fourth-order valence-corrected chi connectivity index (χ4v) is 4.48. The fraction of sp³-hybridized carbons (Fsp3) is 1.00. The normalized spacial score (nSPS) is 41.1. The third-order valence-corrected chi connectivity index (χ3v) is 5.87. The molecule has 2 rings (SSSR count). The van der Waals surface area contributed by atoms with E-state index in [2.05, 4.69) is 30.5 Å². The molecule has 1 heterocycles. The van der Waals surface area contributed by atoms with Gasteiger partial charge in [0.1, 0.15) is 0 Å². The van der Waals surface area contributed by atoms with E-state index in [4.69, 9.17) is 5.73 Å². The van der Waals surface area contributed by atoms with E-state index < -0.39 is 0 Å².